The van der Waals surface area contributed by atoms with Gasteiger partial charge in [-0.3, -0.25) is 9.59 Å². The van der Waals surface area contributed by atoms with E-state index in [0.717, 1.165) is 34.4 Å². The number of anilines is 3. The Morgan fingerprint density at radius 1 is 1.21 bits per heavy atom. The molecule has 0 unspecified atom stereocenters. The Hall–Kier alpha value is -3.00. The smallest absolute Gasteiger partial charge is 0.246 e. The predicted molar refractivity (Wildman–Crippen MR) is 117 cm³/mol. The predicted octanol–water partition coefficient (Wildman–Crippen LogP) is 3.87. The van der Waals surface area contributed by atoms with Crippen LogP contribution < -0.4 is 15.5 Å². The van der Waals surface area contributed by atoms with Crippen LogP contribution in [0.5, 0.6) is 0 Å². The van der Waals surface area contributed by atoms with Gasteiger partial charge in [-0.25, -0.2) is 9.97 Å². The number of hydrogen-bond acceptors (Lipinski definition) is 6. The molecule has 1 aromatic carbocycles. The first-order chi connectivity index (χ1) is 13.9. The van der Waals surface area contributed by atoms with Gasteiger partial charge in [-0.2, -0.15) is 0 Å². The van der Waals surface area contributed by atoms with Crippen LogP contribution in [0.25, 0.3) is 10.2 Å². The number of aromatic nitrogens is 2. The first-order valence-electron chi connectivity index (χ1n) is 9.62. The summed E-state index contributed by atoms with van der Waals surface area (Å²) in [6.45, 7) is 6.65. The highest BCUT2D eigenvalue weighted by molar-refractivity contribution is 7.18. The van der Waals surface area contributed by atoms with E-state index in [1.54, 1.807) is 23.2 Å². The van der Waals surface area contributed by atoms with Crippen molar-refractivity contribution in [1.82, 2.24) is 9.97 Å². The third-order valence-electron chi connectivity index (χ3n) is 5.23. The number of aryl methyl sites for hydroxylation is 2. The molecule has 0 saturated carbocycles. The van der Waals surface area contributed by atoms with Crippen LogP contribution in [0.15, 0.2) is 30.6 Å². The molecule has 2 aromatic heterocycles. The Kier molecular flexibility index (Phi) is 5.19. The fourth-order valence-electron chi connectivity index (χ4n) is 3.46. The maximum atomic E-state index is 12.7. The molecule has 2 amide bonds. The van der Waals surface area contributed by atoms with Crippen molar-refractivity contribution < 1.29 is 9.59 Å². The van der Waals surface area contributed by atoms with Gasteiger partial charge in [0.15, 0.2) is 0 Å². The summed E-state index contributed by atoms with van der Waals surface area (Å²) in [6, 6.07) is 6.89. The van der Waals surface area contributed by atoms with E-state index < -0.39 is 6.04 Å². The minimum Gasteiger partial charge on any atom is -0.358 e. The number of hydrogen-bond donors (Lipinski definition) is 2. The van der Waals surface area contributed by atoms with Crippen LogP contribution in [0, 0.1) is 13.8 Å². The summed E-state index contributed by atoms with van der Waals surface area (Å²) >= 11 is 1.62. The fourth-order valence-corrected chi connectivity index (χ4v) is 4.46. The van der Waals surface area contributed by atoms with Crippen molar-refractivity contribution in [2.24, 2.45) is 0 Å². The molecule has 0 aliphatic carbocycles. The normalized spacial score (nSPS) is 15.0. The fraction of sp³-hybridized carbons (Fsp3) is 0.333. The highest BCUT2D eigenvalue weighted by Crippen LogP contribution is 2.32. The summed E-state index contributed by atoms with van der Waals surface area (Å²) in [5, 5.41) is 7.09. The summed E-state index contributed by atoms with van der Waals surface area (Å²) < 4.78 is 0. The molecule has 7 nitrogen and oxygen atoms in total. The number of carbonyl (C=O) groups excluding carboxylic acids is 2. The van der Waals surface area contributed by atoms with Crippen LogP contribution >= 0.6 is 11.3 Å². The zero-order chi connectivity index (χ0) is 20.5. The Morgan fingerprint density at radius 2 is 1.97 bits per heavy atom. The summed E-state index contributed by atoms with van der Waals surface area (Å²) in [6.07, 6.45) is 3.00. The van der Waals surface area contributed by atoms with Gasteiger partial charge < -0.3 is 15.5 Å². The highest BCUT2D eigenvalue weighted by Gasteiger charge is 2.22. The molecule has 8 heteroatoms. The molecule has 1 aliphatic heterocycles. The number of amides is 2. The Labute approximate surface area is 173 Å². The van der Waals surface area contributed by atoms with Crippen molar-refractivity contribution in [3.05, 3.63) is 41.0 Å². The van der Waals surface area contributed by atoms with Crippen LogP contribution in [-0.4, -0.2) is 34.4 Å². The number of nitrogens with one attached hydrogen (secondary N) is 2. The van der Waals surface area contributed by atoms with E-state index >= 15 is 0 Å². The zero-order valence-electron chi connectivity index (χ0n) is 16.7. The van der Waals surface area contributed by atoms with Crippen LogP contribution in [0.1, 0.15) is 30.2 Å². The summed E-state index contributed by atoms with van der Waals surface area (Å²) in [5.74, 6) is 0.656. The van der Waals surface area contributed by atoms with Gasteiger partial charge >= 0.3 is 0 Å². The number of nitrogens with zero attached hydrogens (tertiary/aromatic N) is 3. The second-order valence-electron chi connectivity index (χ2n) is 7.24. The summed E-state index contributed by atoms with van der Waals surface area (Å²) in [7, 11) is 0. The molecule has 0 spiro atoms. The van der Waals surface area contributed by atoms with E-state index in [0.29, 0.717) is 17.9 Å². The number of carbonyl (C=O) groups is 2. The lowest BCUT2D eigenvalue weighted by molar-refractivity contribution is -0.117. The Bertz CT molecular complexity index is 1080. The van der Waals surface area contributed by atoms with Gasteiger partial charge in [0, 0.05) is 29.2 Å². The van der Waals surface area contributed by atoms with Crippen LogP contribution in [0.3, 0.4) is 0 Å². The lowest BCUT2D eigenvalue weighted by atomic mass is 10.2. The molecule has 150 valence electrons. The van der Waals surface area contributed by atoms with Gasteiger partial charge in [0.2, 0.25) is 11.8 Å². The third kappa shape index (κ3) is 3.80. The molecule has 0 bridgehead atoms. The molecule has 1 atom stereocenters. The third-order valence-corrected chi connectivity index (χ3v) is 6.35. The molecule has 1 fully saturated rings. The second kappa shape index (κ2) is 7.79. The quantitative estimate of drug-likeness (QED) is 0.668. The average molecular weight is 410 g/mol. The van der Waals surface area contributed by atoms with Crippen LogP contribution in [0.4, 0.5) is 17.2 Å². The summed E-state index contributed by atoms with van der Waals surface area (Å²) in [5.41, 5.74) is 2.69. The average Bonchev–Trinajstić information content (AvgIpc) is 3.26. The topological polar surface area (TPSA) is 87.2 Å². The second-order valence-corrected chi connectivity index (χ2v) is 8.44. The Morgan fingerprint density at radius 3 is 2.66 bits per heavy atom. The van der Waals surface area contributed by atoms with Crippen molar-refractivity contribution in [3.8, 4) is 0 Å². The number of benzene rings is 1. The van der Waals surface area contributed by atoms with Gasteiger partial charge in [0.05, 0.1) is 5.39 Å². The van der Waals surface area contributed by atoms with E-state index in [1.807, 2.05) is 31.2 Å². The number of fused-ring (bicyclic) bond motifs is 1. The lowest BCUT2D eigenvalue weighted by Crippen LogP contribution is -2.32. The van der Waals surface area contributed by atoms with E-state index in [1.165, 1.54) is 11.2 Å². The van der Waals surface area contributed by atoms with Crippen molar-refractivity contribution in [3.63, 3.8) is 0 Å². The van der Waals surface area contributed by atoms with E-state index in [9.17, 15) is 9.59 Å². The van der Waals surface area contributed by atoms with Crippen molar-refractivity contribution in [2.75, 3.05) is 22.1 Å². The molecule has 29 heavy (non-hydrogen) atoms. The van der Waals surface area contributed by atoms with Gasteiger partial charge in [-0.05, 0) is 57.0 Å². The molecule has 4 rings (SSSR count). The maximum absolute atomic E-state index is 12.7. The van der Waals surface area contributed by atoms with Gasteiger partial charge in [0.25, 0.3) is 0 Å². The first kappa shape index (κ1) is 19.3. The SMILES string of the molecule is Cc1sc2ncnc(N[C@H](C)C(=O)Nc3ccc(N4CCCC4=O)cc3)c2c1C. The zero-order valence-corrected chi connectivity index (χ0v) is 17.5. The number of thiophene rings is 1. The molecule has 3 aromatic rings. The van der Waals surface area contributed by atoms with Crippen LogP contribution in [-0.2, 0) is 9.59 Å². The van der Waals surface area contributed by atoms with Crippen molar-refractivity contribution in [1.29, 1.82) is 0 Å². The maximum Gasteiger partial charge on any atom is 0.246 e. The van der Waals surface area contributed by atoms with Crippen molar-refractivity contribution in [2.45, 2.75) is 39.7 Å². The molecule has 1 aliphatic rings. The van der Waals surface area contributed by atoms with E-state index in [-0.39, 0.29) is 11.8 Å². The highest BCUT2D eigenvalue weighted by atomic mass is 32.1. The van der Waals surface area contributed by atoms with Crippen LogP contribution in [0.2, 0.25) is 0 Å². The monoisotopic (exact) mass is 409 g/mol. The number of rotatable bonds is 5. The van der Waals surface area contributed by atoms with Gasteiger partial charge in [-0.1, -0.05) is 0 Å². The largest absolute Gasteiger partial charge is 0.358 e. The molecular weight excluding hydrogens is 386 g/mol. The summed E-state index contributed by atoms with van der Waals surface area (Å²) in [4.78, 5) is 37.1. The molecule has 0 radical (unpaired) electrons. The van der Waals surface area contributed by atoms with E-state index in [4.69, 9.17) is 0 Å². The molecule has 1 saturated heterocycles. The minimum atomic E-state index is -0.479. The minimum absolute atomic E-state index is 0.148. The van der Waals surface area contributed by atoms with E-state index in [2.05, 4.69) is 27.5 Å². The molecule has 3 heterocycles. The molecule has 2 N–H and O–H groups in total. The van der Waals surface area contributed by atoms with Gasteiger partial charge in [0.1, 0.15) is 23.0 Å². The first-order valence-corrected chi connectivity index (χ1v) is 10.4. The standard InChI is InChI=1S/C21H23N5O2S/c1-12-14(3)29-21-18(12)19(22-11-23-21)24-13(2)20(28)25-15-6-8-16(9-7-15)26-10-4-5-17(26)27/h6-9,11,13H,4-5,10H2,1-3H3,(H,25,28)(H,22,23,24)/t13-/m1/s1. The van der Waals surface area contributed by atoms with Crippen molar-refractivity contribution >= 4 is 50.6 Å². The Balaban J connectivity index is 1.44. The lowest BCUT2D eigenvalue weighted by Gasteiger charge is -2.17. The molecular formula is C21H23N5O2S. The van der Waals surface area contributed by atoms with Gasteiger partial charge in [-0.15, -0.1) is 11.3 Å².